The van der Waals surface area contributed by atoms with Crippen molar-refractivity contribution in [1.82, 2.24) is 14.5 Å². The van der Waals surface area contributed by atoms with Gasteiger partial charge in [-0.15, -0.1) is 0 Å². The lowest BCUT2D eigenvalue weighted by molar-refractivity contribution is 1.16. The smallest absolute Gasteiger partial charge is 0.160 e. The predicted molar refractivity (Wildman–Crippen MR) is 153 cm³/mol. The topological polar surface area (TPSA) is 30.7 Å². The van der Waals surface area contributed by atoms with Crippen LogP contribution in [0.15, 0.2) is 140 Å². The average Bonchev–Trinajstić information content (AvgIpc) is 3.32. The maximum absolute atomic E-state index is 4.97. The van der Waals surface area contributed by atoms with Crippen LogP contribution in [0, 0.1) is 0 Å². The van der Waals surface area contributed by atoms with Gasteiger partial charge in [-0.1, -0.05) is 97.1 Å². The Morgan fingerprint density at radius 3 is 1.38 bits per heavy atom. The van der Waals surface area contributed by atoms with Crippen LogP contribution in [0.5, 0.6) is 0 Å². The fourth-order valence-corrected chi connectivity index (χ4v) is 5.05. The fraction of sp³-hybridized carbons (Fsp3) is 0. The minimum atomic E-state index is 0.717. The van der Waals surface area contributed by atoms with Crippen LogP contribution >= 0.6 is 0 Å². The van der Waals surface area contributed by atoms with Crippen molar-refractivity contribution in [1.29, 1.82) is 0 Å². The van der Waals surface area contributed by atoms with Gasteiger partial charge >= 0.3 is 0 Å². The highest BCUT2D eigenvalue weighted by Gasteiger charge is 2.13. The lowest BCUT2D eigenvalue weighted by atomic mass is 10.1. The van der Waals surface area contributed by atoms with Crippen LogP contribution in [-0.4, -0.2) is 14.5 Å². The molecule has 7 aromatic rings. The molecule has 174 valence electrons. The second kappa shape index (κ2) is 8.89. The minimum Gasteiger partial charge on any atom is -0.309 e. The van der Waals surface area contributed by atoms with Gasteiger partial charge in [0.25, 0.3) is 0 Å². The summed E-state index contributed by atoms with van der Waals surface area (Å²) in [5.74, 6) is 0.717. The molecule has 0 aliphatic carbocycles. The number of aromatic nitrogens is 3. The van der Waals surface area contributed by atoms with E-state index in [2.05, 4.69) is 108 Å². The molecule has 0 bridgehead atoms. The summed E-state index contributed by atoms with van der Waals surface area (Å²) in [6, 6.07) is 48.4. The first-order chi connectivity index (χ1) is 18.3. The molecular formula is C34H23N3. The van der Waals surface area contributed by atoms with Crippen LogP contribution in [0.4, 0.5) is 0 Å². The van der Waals surface area contributed by atoms with E-state index >= 15 is 0 Å². The molecular weight excluding hydrogens is 450 g/mol. The summed E-state index contributed by atoms with van der Waals surface area (Å²) in [6.07, 6.45) is 0. The maximum atomic E-state index is 4.97. The van der Waals surface area contributed by atoms with Crippen LogP contribution < -0.4 is 0 Å². The Kier molecular flexibility index (Phi) is 5.11. The summed E-state index contributed by atoms with van der Waals surface area (Å²) >= 11 is 0. The number of rotatable bonds is 4. The highest BCUT2D eigenvalue weighted by molar-refractivity contribution is 6.09. The molecule has 0 radical (unpaired) electrons. The molecule has 2 aromatic heterocycles. The first kappa shape index (κ1) is 21.3. The van der Waals surface area contributed by atoms with E-state index in [-0.39, 0.29) is 0 Å². The zero-order valence-electron chi connectivity index (χ0n) is 20.1. The van der Waals surface area contributed by atoms with Crippen LogP contribution in [0.2, 0.25) is 0 Å². The Labute approximate surface area is 215 Å². The Bertz CT molecular complexity index is 1740. The maximum Gasteiger partial charge on any atom is 0.160 e. The molecule has 0 saturated heterocycles. The van der Waals surface area contributed by atoms with Crippen molar-refractivity contribution < 1.29 is 0 Å². The van der Waals surface area contributed by atoms with Gasteiger partial charge in [0, 0.05) is 33.2 Å². The molecule has 0 fully saturated rings. The van der Waals surface area contributed by atoms with Crippen LogP contribution in [0.25, 0.3) is 61.4 Å². The van der Waals surface area contributed by atoms with Crippen molar-refractivity contribution in [2.24, 2.45) is 0 Å². The van der Waals surface area contributed by atoms with Gasteiger partial charge in [-0.3, -0.25) is 0 Å². The molecule has 0 atom stereocenters. The fourth-order valence-electron chi connectivity index (χ4n) is 5.05. The summed E-state index contributed by atoms with van der Waals surface area (Å²) in [5.41, 5.74) is 8.47. The van der Waals surface area contributed by atoms with Crippen molar-refractivity contribution in [3.05, 3.63) is 140 Å². The van der Waals surface area contributed by atoms with Gasteiger partial charge in [0.2, 0.25) is 0 Å². The molecule has 3 heteroatoms. The molecule has 0 unspecified atom stereocenters. The van der Waals surface area contributed by atoms with Crippen LogP contribution in [-0.2, 0) is 0 Å². The summed E-state index contributed by atoms with van der Waals surface area (Å²) in [6.45, 7) is 0. The van der Waals surface area contributed by atoms with E-state index in [1.165, 1.54) is 21.8 Å². The Morgan fingerprint density at radius 1 is 0.405 bits per heavy atom. The Hall–Kier alpha value is -5.02. The zero-order valence-corrected chi connectivity index (χ0v) is 20.1. The monoisotopic (exact) mass is 473 g/mol. The highest BCUT2D eigenvalue weighted by atomic mass is 15.0. The molecule has 37 heavy (non-hydrogen) atoms. The van der Waals surface area contributed by atoms with Gasteiger partial charge < -0.3 is 4.57 Å². The lowest BCUT2D eigenvalue weighted by Crippen LogP contribution is -1.97. The van der Waals surface area contributed by atoms with Crippen molar-refractivity contribution >= 4 is 21.8 Å². The van der Waals surface area contributed by atoms with Crippen molar-refractivity contribution in [2.75, 3.05) is 0 Å². The van der Waals surface area contributed by atoms with Gasteiger partial charge in [0.05, 0.1) is 22.4 Å². The van der Waals surface area contributed by atoms with Crippen molar-refractivity contribution in [2.45, 2.75) is 0 Å². The van der Waals surface area contributed by atoms with E-state index in [1.807, 2.05) is 36.4 Å². The average molecular weight is 474 g/mol. The summed E-state index contributed by atoms with van der Waals surface area (Å²) in [5, 5.41) is 2.52. The number of fused-ring (bicyclic) bond motifs is 3. The molecule has 7 rings (SSSR count). The standard InChI is InChI=1S/C34H23N3/c1-3-11-24(12-4-1)30-23-31(25-13-5-2-6-14-25)36-34(35-30)26-19-21-27(22-20-26)37-32-17-9-7-15-28(32)29-16-8-10-18-33(29)37/h1-23H. The molecule has 0 amide bonds. The van der Waals surface area contributed by atoms with E-state index in [4.69, 9.17) is 9.97 Å². The third kappa shape index (κ3) is 3.78. The van der Waals surface area contributed by atoms with Gasteiger partial charge in [-0.2, -0.15) is 0 Å². The van der Waals surface area contributed by atoms with E-state index in [1.54, 1.807) is 0 Å². The molecule has 0 aliphatic heterocycles. The summed E-state index contributed by atoms with van der Waals surface area (Å²) in [4.78, 5) is 9.95. The molecule has 5 aromatic carbocycles. The van der Waals surface area contributed by atoms with Gasteiger partial charge in [-0.05, 0) is 42.5 Å². The molecule has 2 heterocycles. The molecule has 0 spiro atoms. The SMILES string of the molecule is c1ccc(-c2cc(-c3ccccc3)nc(-c3ccc(-n4c5ccccc5c5ccccc54)cc3)n2)cc1. The molecule has 0 aliphatic rings. The minimum absolute atomic E-state index is 0.717. The summed E-state index contributed by atoms with van der Waals surface area (Å²) in [7, 11) is 0. The largest absolute Gasteiger partial charge is 0.309 e. The third-order valence-corrected chi connectivity index (χ3v) is 6.83. The number of nitrogens with zero attached hydrogens (tertiary/aromatic N) is 3. The number of hydrogen-bond acceptors (Lipinski definition) is 2. The van der Waals surface area contributed by atoms with Crippen molar-refractivity contribution in [3.8, 4) is 39.6 Å². The van der Waals surface area contributed by atoms with E-state index < -0.39 is 0 Å². The van der Waals surface area contributed by atoms with Gasteiger partial charge in [0.15, 0.2) is 5.82 Å². The van der Waals surface area contributed by atoms with Crippen molar-refractivity contribution in [3.63, 3.8) is 0 Å². The highest BCUT2D eigenvalue weighted by Crippen LogP contribution is 2.33. The zero-order chi connectivity index (χ0) is 24.6. The normalized spacial score (nSPS) is 11.2. The second-order valence-electron chi connectivity index (χ2n) is 9.11. The van der Waals surface area contributed by atoms with E-state index in [9.17, 15) is 0 Å². The Balaban J connectivity index is 1.37. The first-order valence-corrected chi connectivity index (χ1v) is 12.4. The lowest BCUT2D eigenvalue weighted by Gasteiger charge is -2.11. The van der Waals surface area contributed by atoms with Crippen LogP contribution in [0.3, 0.4) is 0 Å². The molecule has 3 nitrogen and oxygen atoms in total. The predicted octanol–water partition coefficient (Wildman–Crippen LogP) is 8.57. The molecule has 0 saturated carbocycles. The Morgan fingerprint density at radius 2 is 0.865 bits per heavy atom. The number of hydrogen-bond donors (Lipinski definition) is 0. The third-order valence-electron chi connectivity index (χ3n) is 6.83. The van der Waals surface area contributed by atoms with E-state index in [0.29, 0.717) is 5.82 Å². The first-order valence-electron chi connectivity index (χ1n) is 12.4. The van der Waals surface area contributed by atoms with Gasteiger partial charge in [0.1, 0.15) is 0 Å². The second-order valence-corrected chi connectivity index (χ2v) is 9.11. The summed E-state index contributed by atoms with van der Waals surface area (Å²) < 4.78 is 2.32. The van der Waals surface area contributed by atoms with Gasteiger partial charge in [-0.25, -0.2) is 9.97 Å². The van der Waals surface area contributed by atoms with E-state index in [0.717, 1.165) is 33.8 Å². The quantitative estimate of drug-likeness (QED) is 0.256. The van der Waals surface area contributed by atoms with Crippen LogP contribution in [0.1, 0.15) is 0 Å². The number of para-hydroxylation sites is 2. The molecule has 0 N–H and O–H groups in total. The number of benzene rings is 5.